The van der Waals surface area contributed by atoms with Crippen molar-refractivity contribution in [1.29, 1.82) is 0 Å². The number of hydrogen-bond donors (Lipinski definition) is 0. The molecule has 0 aliphatic carbocycles. The highest BCUT2D eigenvalue weighted by atomic mass is 28.4. The summed E-state index contributed by atoms with van der Waals surface area (Å²) >= 11 is 0. The molecule has 0 aromatic heterocycles. The summed E-state index contributed by atoms with van der Waals surface area (Å²) in [6.07, 6.45) is 15.1. The summed E-state index contributed by atoms with van der Waals surface area (Å²) < 4.78 is 12.4. The predicted octanol–water partition coefficient (Wildman–Crippen LogP) is 7.50. The van der Waals surface area contributed by atoms with Gasteiger partial charge in [-0.1, -0.05) is 78.7 Å². The molecule has 0 aromatic carbocycles. The van der Waals surface area contributed by atoms with Gasteiger partial charge in [0.2, 0.25) is 0 Å². The summed E-state index contributed by atoms with van der Waals surface area (Å²) in [7, 11) is 0.105. The molecule has 0 radical (unpaired) electrons. The zero-order valence-corrected chi connectivity index (χ0v) is 19.3. The van der Waals surface area contributed by atoms with Gasteiger partial charge in [-0.05, 0) is 37.4 Å². The molecule has 0 aliphatic heterocycles. The minimum atomic E-state index is -1.74. The van der Waals surface area contributed by atoms with E-state index in [4.69, 9.17) is 9.16 Å². The molecular formula is C22H46O2Si. The molecule has 0 spiro atoms. The molecule has 0 bridgehead atoms. The molecule has 150 valence electrons. The summed E-state index contributed by atoms with van der Waals surface area (Å²) in [5.41, 5.74) is 0. The van der Waals surface area contributed by atoms with Gasteiger partial charge in [0.25, 0.3) is 0 Å². The third kappa shape index (κ3) is 11.2. The molecule has 0 saturated heterocycles. The molecular weight excluding hydrogens is 324 g/mol. The number of unbranched alkanes of at least 4 members (excludes halogenated alkanes) is 6. The van der Waals surface area contributed by atoms with Gasteiger partial charge >= 0.3 is 0 Å². The number of ether oxygens (including phenoxy) is 1. The highest BCUT2D eigenvalue weighted by Crippen LogP contribution is 2.38. The summed E-state index contributed by atoms with van der Waals surface area (Å²) in [6, 6.07) is 0. The first-order valence-corrected chi connectivity index (χ1v) is 13.4. The number of methoxy groups -OCH3 is 1. The molecule has 0 rings (SSSR count). The standard InChI is InChI=1S/C22H46O2Si/c1-9-11-12-13-14-15-16-18-20(23-6)19-21(17-10-2)24-25(7,8)22(3,4)5/h10,20-21H,2,9,11-19H2,1,3-8H3/t20-,21-/m1/s1. The Bertz CT molecular complexity index is 333. The average Bonchev–Trinajstić information content (AvgIpc) is 2.51. The Labute approximate surface area is 159 Å². The van der Waals surface area contributed by atoms with Crippen LogP contribution in [0.25, 0.3) is 0 Å². The molecule has 0 fully saturated rings. The second-order valence-corrected chi connectivity index (χ2v) is 13.8. The molecule has 3 heteroatoms. The van der Waals surface area contributed by atoms with Gasteiger partial charge in [0.1, 0.15) is 0 Å². The maximum absolute atomic E-state index is 6.63. The van der Waals surface area contributed by atoms with E-state index in [-0.39, 0.29) is 11.1 Å². The van der Waals surface area contributed by atoms with Gasteiger partial charge in [0, 0.05) is 7.11 Å². The first-order valence-electron chi connectivity index (χ1n) is 10.5. The molecule has 0 amide bonds. The smallest absolute Gasteiger partial charge is 0.192 e. The lowest BCUT2D eigenvalue weighted by atomic mass is 10.0. The maximum Gasteiger partial charge on any atom is 0.192 e. The van der Waals surface area contributed by atoms with E-state index in [9.17, 15) is 0 Å². The van der Waals surface area contributed by atoms with E-state index in [1.54, 1.807) is 0 Å². The fraction of sp³-hybridized carbons (Fsp3) is 0.909. The van der Waals surface area contributed by atoms with Gasteiger partial charge in [-0.2, -0.15) is 0 Å². The molecule has 0 aromatic rings. The van der Waals surface area contributed by atoms with E-state index < -0.39 is 8.32 Å². The van der Waals surface area contributed by atoms with Crippen LogP contribution in [0.15, 0.2) is 12.7 Å². The predicted molar refractivity (Wildman–Crippen MR) is 115 cm³/mol. The normalized spacial score (nSPS) is 15.2. The summed E-state index contributed by atoms with van der Waals surface area (Å²) in [6.45, 7) is 17.8. The minimum Gasteiger partial charge on any atom is -0.414 e. The van der Waals surface area contributed by atoms with Gasteiger partial charge in [-0.3, -0.25) is 0 Å². The Morgan fingerprint density at radius 2 is 1.52 bits per heavy atom. The second kappa shape index (κ2) is 13.1. The maximum atomic E-state index is 6.63. The van der Waals surface area contributed by atoms with Gasteiger partial charge in [-0.15, -0.1) is 6.58 Å². The van der Waals surface area contributed by atoms with Crippen LogP contribution in [0, 0.1) is 0 Å². The van der Waals surface area contributed by atoms with E-state index in [2.05, 4.69) is 47.4 Å². The van der Waals surface area contributed by atoms with Gasteiger partial charge in [-0.25, -0.2) is 0 Å². The highest BCUT2D eigenvalue weighted by molar-refractivity contribution is 6.74. The van der Waals surface area contributed by atoms with Crippen LogP contribution in [0.1, 0.15) is 91.9 Å². The van der Waals surface area contributed by atoms with Crippen molar-refractivity contribution >= 4 is 8.32 Å². The lowest BCUT2D eigenvalue weighted by molar-refractivity contribution is 0.0435. The van der Waals surface area contributed by atoms with Crippen LogP contribution < -0.4 is 0 Å². The summed E-state index contributed by atoms with van der Waals surface area (Å²) in [4.78, 5) is 0. The fourth-order valence-corrected chi connectivity index (χ4v) is 4.31. The van der Waals surface area contributed by atoms with E-state index in [1.807, 2.05) is 13.2 Å². The Morgan fingerprint density at radius 1 is 0.960 bits per heavy atom. The quantitative estimate of drug-likeness (QED) is 0.169. The SMILES string of the molecule is C=CC[C@H](C[C@@H](CCCCCCCCC)OC)O[Si](C)(C)C(C)(C)C. The first kappa shape index (κ1) is 24.9. The molecule has 0 N–H and O–H groups in total. The van der Waals surface area contributed by atoms with Crippen LogP contribution in [0.3, 0.4) is 0 Å². The van der Waals surface area contributed by atoms with Crippen molar-refractivity contribution < 1.29 is 9.16 Å². The Balaban J connectivity index is 4.34. The molecule has 2 nitrogen and oxygen atoms in total. The van der Waals surface area contributed by atoms with E-state index in [0.29, 0.717) is 6.10 Å². The molecule has 0 heterocycles. The fourth-order valence-electron chi connectivity index (χ4n) is 2.93. The van der Waals surface area contributed by atoms with E-state index in [1.165, 1.54) is 44.9 Å². The van der Waals surface area contributed by atoms with Crippen molar-refractivity contribution in [1.82, 2.24) is 0 Å². The van der Waals surface area contributed by atoms with Crippen LogP contribution in [0.2, 0.25) is 18.1 Å². The van der Waals surface area contributed by atoms with Gasteiger partial charge in [0.05, 0.1) is 12.2 Å². The van der Waals surface area contributed by atoms with E-state index >= 15 is 0 Å². The van der Waals surface area contributed by atoms with Crippen LogP contribution >= 0.6 is 0 Å². The molecule has 0 unspecified atom stereocenters. The number of rotatable bonds is 15. The zero-order chi connectivity index (χ0) is 19.3. The number of hydrogen-bond acceptors (Lipinski definition) is 2. The van der Waals surface area contributed by atoms with Crippen LogP contribution in [0.5, 0.6) is 0 Å². The highest BCUT2D eigenvalue weighted by Gasteiger charge is 2.39. The molecule has 0 aliphatic rings. The van der Waals surface area contributed by atoms with Crippen molar-refractivity contribution in [2.24, 2.45) is 0 Å². The third-order valence-electron chi connectivity index (χ3n) is 5.69. The van der Waals surface area contributed by atoms with Crippen molar-refractivity contribution in [2.45, 2.75) is 122 Å². The Morgan fingerprint density at radius 3 is 2.00 bits per heavy atom. The monoisotopic (exact) mass is 370 g/mol. The topological polar surface area (TPSA) is 18.5 Å². The lowest BCUT2D eigenvalue weighted by Crippen LogP contribution is -2.44. The van der Waals surface area contributed by atoms with Gasteiger partial charge < -0.3 is 9.16 Å². The van der Waals surface area contributed by atoms with Gasteiger partial charge in [0.15, 0.2) is 8.32 Å². The van der Waals surface area contributed by atoms with E-state index in [0.717, 1.165) is 19.3 Å². The Hall–Kier alpha value is -0.123. The van der Waals surface area contributed by atoms with Crippen LogP contribution in [-0.2, 0) is 9.16 Å². The van der Waals surface area contributed by atoms with Crippen molar-refractivity contribution in [2.75, 3.05) is 7.11 Å². The molecule has 0 saturated carbocycles. The zero-order valence-electron chi connectivity index (χ0n) is 18.3. The molecule has 25 heavy (non-hydrogen) atoms. The van der Waals surface area contributed by atoms with Crippen molar-refractivity contribution in [3.63, 3.8) is 0 Å². The Kier molecular flexibility index (Phi) is 13.0. The lowest BCUT2D eigenvalue weighted by Gasteiger charge is -2.40. The summed E-state index contributed by atoms with van der Waals surface area (Å²) in [5, 5.41) is 0.244. The molecule has 2 atom stereocenters. The largest absolute Gasteiger partial charge is 0.414 e. The van der Waals surface area contributed by atoms with Crippen molar-refractivity contribution in [3.8, 4) is 0 Å². The minimum absolute atomic E-state index is 0.243. The second-order valence-electron chi connectivity index (χ2n) is 9.03. The average molecular weight is 371 g/mol. The first-order chi connectivity index (χ1) is 11.7. The van der Waals surface area contributed by atoms with Crippen molar-refractivity contribution in [3.05, 3.63) is 12.7 Å². The van der Waals surface area contributed by atoms with Crippen LogP contribution in [0.4, 0.5) is 0 Å². The summed E-state index contributed by atoms with van der Waals surface area (Å²) in [5.74, 6) is 0. The third-order valence-corrected chi connectivity index (χ3v) is 10.2. The van der Waals surface area contributed by atoms with Crippen LogP contribution in [-0.4, -0.2) is 27.6 Å².